The minimum absolute atomic E-state index is 0.0530. The van der Waals surface area contributed by atoms with E-state index < -0.39 is 86.1 Å². The molecule has 2 amide bonds. The summed E-state index contributed by atoms with van der Waals surface area (Å²) in [5.41, 5.74) is -2.73. The van der Waals surface area contributed by atoms with E-state index >= 15 is 0 Å². The normalized spacial score (nSPS) is 42.7. The van der Waals surface area contributed by atoms with Crippen LogP contribution in [0.25, 0.3) is 0 Å². The van der Waals surface area contributed by atoms with Gasteiger partial charge < -0.3 is 55.1 Å². The Morgan fingerprint density at radius 2 is 1.47 bits per heavy atom. The molecule has 1 aromatic rings. The Bertz CT molecular complexity index is 908. The van der Waals surface area contributed by atoms with E-state index in [-0.39, 0.29) is 11.1 Å². The zero-order valence-electron chi connectivity index (χ0n) is 17.5. The highest BCUT2D eigenvalue weighted by Crippen LogP contribution is 2.39. The van der Waals surface area contributed by atoms with E-state index in [1.54, 1.807) is 0 Å². The van der Waals surface area contributed by atoms with Crippen molar-refractivity contribution in [2.45, 2.75) is 61.0 Å². The largest absolute Gasteiger partial charge is 0.394 e. The highest BCUT2D eigenvalue weighted by Gasteiger charge is 2.62. The number of aliphatic hydroxyl groups excluding tert-OH is 8. The number of benzene rings is 1. The first-order chi connectivity index (χ1) is 16.1. The molecule has 34 heavy (non-hydrogen) atoms. The predicted molar refractivity (Wildman–Crippen MR) is 105 cm³/mol. The molecular weight excluding hydrogens is 462 g/mol. The first-order valence-electron chi connectivity index (χ1n) is 10.4. The minimum Gasteiger partial charge on any atom is -0.394 e. The maximum absolute atomic E-state index is 13.0. The number of hydrogen-bond donors (Lipinski definition) is 8. The molecule has 0 radical (unpaired) electrons. The average Bonchev–Trinajstić information content (AvgIpc) is 3.10. The van der Waals surface area contributed by atoms with E-state index in [1.807, 2.05) is 0 Å². The quantitative estimate of drug-likeness (QED) is 0.183. The molecule has 4 rings (SSSR count). The van der Waals surface area contributed by atoms with E-state index in [9.17, 15) is 50.4 Å². The summed E-state index contributed by atoms with van der Waals surface area (Å²) in [7, 11) is 0. The van der Waals surface area contributed by atoms with Crippen molar-refractivity contribution in [1.29, 1.82) is 0 Å². The first kappa shape index (κ1) is 25.0. The third kappa shape index (κ3) is 3.64. The van der Waals surface area contributed by atoms with Gasteiger partial charge in [-0.3, -0.25) is 9.59 Å². The van der Waals surface area contributed by atoms with Crippen LogP contribution < -0.4 is 0 Å². The van der Waals surface area contributed by atoms with Gasteiger partial charge >= 0.3 is 0 Å². The van der Waals surface area contributed by atoms with E-state index in [2.05, 4.69) is 0 Å². The standard InChI is InChI=1S/C20H25NO13/c22-5-9-14(10(24)12(26)18(31)32-9)33-19-13(27)11(25)15(28)20(6-23,34-19)21-16(29)7-3-1-2-4-8(7)17(21)30/h1-4,9-15,18-19,22-28,31H,5-6H2/t9-,10-,11-,12-,13-,14-,15-,18-,19+,20-/m1/s1. The Labute approximate surface area is 191 Å². The van der Waals surface area contributed by atoms with Crippen molar-refractivity contribution in [3.63, 3.8) is 0 Å². The second kappa shape index (κ2) is 9.18. The van der Waals surface area contributed by atoms with Crippen molar-refractivity contribution in [2.75, 3.05) is 13.2 Å². The highest BCUT2D eigenvalue weighted by molar-refractivity contribution is 6.21. The van der Waals surface area contributed by atoms with Gasteiger partial charge in [0.2, 0.25) is 5.72 Å². The van der Waals surface area contributed by atoms with Crippen LogP contribution in [0.4, 0.5) is 0 Å². The lowest BCUT2D eigenvalue weighted by molar-refractivity contribution is -0.389. The number of hydrogen-bond acceptors (Lipinski definition) is 13. The fraction of sp³-hybridized carbons (Fsp3) is 0.600. The number of nitrogens with zero attached hydrogens (tertiary/aromatic N) is 1. The summed E-state index contributed by atoms with van der Waals surface area (Å²) < 4.78 is 16.0. The van der Waals surface area contributed by atoms with Gasteiger partial charge in [0.25, 0.3) is 11.8 Å². The zero-order chi connectivity index (χ0) is 24.9. The van der Waals surface area contributed by atoms with Crippen molar-refractivity contribution >= 4 is 11.8 Å². The van der Waals surface area contributed by atoms with Crippen LogP contribution in [0.1, 0.15) is 20.7 Å². The number of amides is 2. The minimum atomic E-state index is -2.62. The van der Waals surface area contributed by atoms with Gasteiger partial charge in [-0.15, -0.1) is 0 Å². The van der Waals surface area contributed by atoms with Crippen molar-refractivity contribution in [3.05, 3.63) is 35.4 Å². The highest BCUT2D eigenvalue weighted by atomic mass is 16.7. The third-order valence-corrected chi connectivity index (χ3v) is 6.26. The second-order valence-electron chi connectivity index (χ2n) is 8.24. The van der Waals surface area contributed by atoms with Gasteiger partial charge in [-0.05, 0) is 12.1 Å². The molecule has 8 N–H and O–H groups in total. The van der Waals surface area contributed by atoms with Gasteiger partial charge in [-0.25, -0.2) is 4.90 Å². The molecule has 0 spiro atoms. The lowest BCUT2D eigenvalue weighted by Gasteiger charge is -2.51. The Kier molecular flexibility index (Phi) is 6.75. The SMILES string of the molecule is O=C1c2ccccc2C(=O)N1[C@]1(CO)O[C@H](O[C@H]2[C@H](O)[C@@H](O)[C@H](O)O[C@@H]2CO)[C@H](O)[C@@H](O)[C@H]1O. The van der Waals surface area contributed by atoms with Crippen molar-refractivity contribution < 1.29 is 64.7 Å². The van der Waals surface area contributed by atoms with E-state index in [0.717, 1.165) is 0 Å². The van der Waals surface area contributed by atoms with Crippen LogP contribution in [0.3, 0.4) is 0 Å². The molecule has 0 saturated carbocycles. The van der Waals surface area contributed by atoms with Gasteiger partial charge in [0, 0.05) is 0 Å². The number of fused-ring (bicyclic) bond motifs is 1. The van der Waals surface area contributed by atoms with Crippen LogP contribution in [-0.2, 0) is 14.2 Å². The zero-order valence-corrected chi connectivity index (χ0v) is 17.5. The molecule has 0 bridgehead atoms. The van der Waals surface area contributed by atoms with E-state index in [1.165, 1.54) is 24.3 Å². The molecule has 14 nitrogen and oxygen atoms in total. The fourth-order valence-corrected chi connectivity index (χ4v) is 4.37. The first-order valence-corrected chi connectivity index (χ1v) is 10.4. The summed E-state index contributed by atoms with van der Waals surface area (Å²) >= 11 is 0. The predicted octanol–water partition coefficient (Wildman–Crippen LogP) is -4.77. The Morgan fingerprint density at radius 1 is 0.882 bits per heavy atom. The number of carbonyl (C=O) groups is 2. The van der Waals surface area contributed by atoms with E-state index in [0.29, 0.717) is 4.90 Å². The average molecular weight is 487 g/mol. The Hall–Kier alpha value is -2.08. The van der Waals surface area contributed by atoms with Crippen LogP contribution in [0.5, 0.6) is 0 Å². The molecule has 14 heteroatoms. The van der Waals surface area contributed by atoms with Gasteiger partial charge in [0.05, 0.1) is 24.3 Å². The lowest BCUT2D eigenvalue weighted by atomic mass is 9.92. The fourth-order valence-electron chi connectivity index (χ4n) is 4.37. The summed E-state index contributed by atoms with van der Waals surface area (Å²) in [6, 6.07) is 5.65. The molecule has 0 aliphatic carbocycles. The third-order valence-electron chi connectivity index (χ3n) is 6.26. The van der Waals surface area contributed by atoms with Crippen LogP contribution in [-0.4, -0.2) is 132 Å². The van der Waals surface area contributed by atoms with E-state index in [4.69, 9.17) is 14.2 Å². The molecular formula is C20H25NO13. The summed E-state index contributed by atoms with van der Waals surface area (Å²) in [6.07, 6.45) is -17.1. The summed E-state index contributed by atoms with van der Waals surface area (Å²) in [5.74, 6) is -1.91. The molecule has 2 fully saturated rings. The smallest absolute Gasteiger partial charge is 0.264 e. The summed E-state index contributed by atoms with van der Waals surface area (Å²) in [5, 5.41) is 81.2. The molecule has 3 aliphatic heterocycles. The van der Waals surface area contributed by atoms with Crippen LogP contribution in [0.15, 0.2) is 24.3 Å². The maximum atomic E-state index is 13.0. The molecule has 3 aliphatic rings. The van der Waals surface area contributed by atoms with Gasteiger partial charge in [0.1, 0.15) is 42.7 Å². The number of carbonyl (C=O) groups excluding carboxylic acids is 2. The maximum Gasteiger partial charge on any atom is 0.264 e. The van der Waals surface area contributed by atoms with Crippen molar-refractivity contribution in [1.82, 2.24) is 4.90 Å². The van der Waals surface area contributed by atoms with Gasteiger partial charge in [0.15, 0.2) is 12.6 Å². The molecule has 1 aromatic carbocycles. The summed E-state index contributed by atoms with van der Waals surface area (Å²) in [4.78, 5) is 26.4. The molecule has 0 aromatic heterocycles. The van der Waals surface area contributed by atoms with Crippen molar-refractivity contribution in [2.24, 2.45) is 0 Å². The molecule has 188 valence electrons. The Morgan fingerprint density at radius 3 is 2.00 bits per heavy atom. The number of rotatable bonds is 5. The number of ether oxygens (including phenoxy) is 3. The second-order valence-corrected chi connectivity index (χ2v) is 8.24. The summed E-state index contributed by atoms with van der Waals surface area (Å²) in [6.45, 7) is -2.04. The van der Waals surface area contributed by atoms with Gasteiger partial charge in [-0.1, -0.05) is 12.1 Å². The molecule has 3 heterocycles. The lowest BCUT2D eigenvalue weighted by Crippen LogP contribution is -2.74. The molecule has 10 atom stereocenters. The topological polar surface area (TPSA) is 227 Å². The van der Waals surface area contributed by atoms with Gasteiger partial charge in [-0.2, -0.15) is 0 Å². The molecule has 0 unspecified atom stereocenters. The monoisotopic (exact) mass is 487 g/mol. The Balaban J connectivity index is 1.68. The van der Waals surface area contributed by atoms with Crippen LogP contribution >= 0.6 is 0 Å². The van der Waals surface area contributed by atoms with Crippen molar-refractivity contribution in [3.8, 4) is 0 Å². The number of aliphatic hydroxyl groups is 8. The number of imide groups is 1. The van der Waals surface area contributed by atoms with Crippen LogP contribution in [0.2, 0.25) is 0 Å². The molecule has 2 saturated heterocycles. The van der Waals surface area contributed by atoms with Crippen LogP contribution in [0, 0.1) is 0 Å².